The maximum atomic E-state index is 16.5. The van der Waals surface area contributed by atoms with Crippen LogP contribution in [0.15, 0.2) is 158 Å². The van der Waals surface area contributed by atoms with E-state index in [4.69, 9.17) is 18.9 Å². The number of morpholine rings is 2. The highest BCUT2D eigenvalue weighted by Gasteiger charge is 2.75. The highest BCUT2D eigenvalue weighted by Crippen LogP contribution is 2.66. The molecule has 0 bridgehead atoms. The number of cyclic esters (lactones) is 1. The van der Waals surface area contributed by atoms with Gasteiger partial charge in [0.2, 0.25) is 11.8 Å². The van der Waals surface area contributed by atoms with Crippen LogP contribution in [0.2, 0.25) is 0 Å². The average Bonchev–Trinajstić information content (AvgIpc) is 3.86. The van der Waals surface area contributed by atoms with Gasteiger partial charge in [0.15, 0.2) is 0 Å². The number of phenols is 1. The lowest BCUT2D eigenvalue weighted by Crippen LogP contribution is -2.54. The quantitative estimate of drug-likeness (QED) is 0.0700. The molecule has 366 valence electrons. The Labute approximate surface area is 418 Å². The summed E-state index contributed by atoms with van der Waals surface area (Å²) >= 11 is 0. The molecule has 14 nitrogen and oxygen atoms in total. The van der Waals surface area contributed by atoms with Crippen molar-refractivity contribution in [3.63, 3.8) is 0 Å². The lowest BCUT2D eigenvalue weighted by Gasteiger charge is -2.46. The van der Waals surface area contributed by atoms with Crippen molar-refractivity contribution < 1.29 is 43.2 Å². The summed E-state index contributed by atoms with van der Waals surface area (Å²) in [6.45, 7) is 3.58. The number of fused-ring (bicyclic) bond motifs is 3. The molecular weight excluding hydrogens is 911 g/mol. The van der Waals surface area contributed by atoms with Crippen LogP contribution in [0.5, 0.6) is 5.75 Å². The van der Waals surface area contributed by atoms with Crippen LogP contribution in [0.4, 0.5) is 21.9 Å². The van der Waals surface area contributed by atoms with Gasteiger partial charge in [0.05, 0.1) is 50.1 Å². The number of carbonyl (C=O) groups is 4. The molecule has 6 aromatic rings. The number of aromatic hydroxyl groups is 1. The van der Waals surface area contributed by atoms with Gasteiger partial charge in [-0.05, 0) is 89.5 Å². The van der Waals surface area contributed by atoms with Crippen LogP contribution in [0.1, 0.15) is 51.6 Å². The van der Waals surface area contributed by atoms with E-state index >= 15 is 14.4 Å². The molecule has 4 aliphatic heterocycles. The van der Waals surface area contributed by atoms with Gasteiger partial charge in [0.25, 0.3) is 0 Å². The van der Waals surface area contributed by atoms with Gasteiger partial charge < -0.3 is 34.3 Å². The number of hydrogen-bond acceptors (Lipinski definition) is 12. The number of carbonyl (C=O) groups excluding carboxylic acids is 4. The molecule has 0 radical (unpaired) electrons. The van der Waals surface area contributed by atoms with E-state index in [0.717, 1.165) is 21.7 Å². The molecule has 0 aliphatic carbocycles. The van der Waals surface area contributed by atoms with Crippen LogP contribution >= 0.6 is 0 Å². The number of nitrogens with zero attached hydrogens (tertiary/aromatic N) is 4. The number of phenolic OH excluding ortho intramolecular Hbond substituents is 1. The standard InChI is InChI=1S/C58H55N5O9/c1-60(38-40-13-6-3-7-14-40)30-12-15-39-20-29-48-47(37-39)58(56(67)62(48)57(68)71-36-35-69-2)49(54(65)59-44-23-25-45(26-24-44)61-31-33-70-34-32-61)51-55(66)72-52(42-18-10-5-11-19-42)50(41-16-8-4-9-17-41)63(51)53(58)43-21-27-46(64)28-22-43/h3-11,13-14,16-29,37,49-53,64H,30-36,38H2,1-2H3,(H,59,65)/t49-,50-,51-,52+,53+,58-/m1/s1. The van der Waals surface area contributed by atoms with E-state index in [1.54, 1.807) is 42.5 Å². The monoisotopic (exact) mass is 965 g/mol. The summed E-state index contributed by atoms with van der Waals surface area (Å²) in [5, 5.41) is 13.9. The third kappa shape index (κ3) is 9.08. The summed E-state index contributed by atoms with van der Waals surface area (Å²) in [4.78, 5) is 69.7. The normalized spacial score (nSPS) is 22.5. The van der Waals surface area contributed by atoms with Gasteiger partial charge in [0, 0.05) is 43.7 Å². The van der Waals surface area contributed by atoms with E-state index in [1.807, 2.05) is 103 Å². The lowest BCUT2D eigenvalue weighted by atomic mass is 9.65. The van der Waals surface area contributed by atoms with Gasteiger partial charge >= 0.3 is 12.1 Å². The molecule has 2 N–H and O–H groups in total. The molecule has 1 spiro atoms. The number of amides is 3. The predicted octanol–water partition coefficient (Wildman–Crippen LogP) is 7.80. The molecular formula is C58H55N5O9. The van der Waals surface area contributed by atoms with Gasteiger partial charge in [-0.1, -0.05) is 115 Å². The Hall–Kier alpha value is -7.80. The van der Waals surface area contributed by atoms with Crippen molar-refractivity contribution in [2.45, 2.75) is 36.2 Å². The highest BCUT2D eigenvalue weighted by molar-refractivity contribution is 6.24. The fourth-order valence-corrected chi connectivity index (χ4v) is 10.9. The smallest absolute Gasteiger partial charge is 0.421 e. The van der Waals surface area contributed by atoms with Gasteiger partial charge in [-0.15, -0.1) is 0 Å². The molecule has 3 fully saturated rings. The highest BCUT2D eigenvalue weighted by atomic mass is 16.6. The van der Waals surface area contributed by atoms with Crippen LogP contribution in [-0.2, 0) is 45.3 Å². The zero-order chi connectivity index (χ0) is 49.8. The molecule has 4 heterocycles. The number of nitrogens with one attached hydrogen (secondary N) is 1. The number of imide groups is 1. The van der Waals surface area contributed by atoms with E-state index in [0.29, 0.717) is 67.3 Å². The van der Waals surface area contributed by atoms with Crippen molar-refractivity contribution in [2.75, 3.05) is 75.3 Å². The molecule has 0 aromatic heterocycles. The molecule has 4 aliphatic rings. The Balaban J connectivity index is 1.19. The Morgan fingerprint density at radius 3 is 2.14 bits per heavy atom. The third-order valence-electron chi connectivity index (χ3n) is 14.0. The first-order valence-electron chi connectivity index (χ1n) is 24.1. The molecule has 10 rings (SSSR count). The fourth-order valence-electron chi connectivity index (χ4n) is 10.9. The van der Waals surface area contributed by atoms with E-state index < -0.39 is 59.4 Å². The van der Waals surface area contributed by atoms with Crippen LogP contribution < -0.4 is 15.1 Å². The summed E-state index contributed by atoms with van der Waals surface area (Å²) in [6.07, 6.45) is -1.90. The molecule has 3 amide bonds. The Morgan fingerprint density at radius 2 is 1.46 bits per heavy atom. The van der Waals surface area contributed by atoms with Crippen molar-refractivity contribution in [2.24, 2.45) is 5.92 Å². The minimum atomic E-state index is -2.05. The van der Waals surface area contributed by atoms with Gasteiger partial charge in [0.1, 0.15) is 29.9 Å². The summed E-state index contributed by atoms with van der Waals surface area (Å²) in [6, 6.07) is 44.6. The molecule has 6 atom stereocenters. The molecule has 14 heteroatoms. The maximum absolute atomic E-state index is 16.5. The summed E-state index contributed by atoms with van der Waals surface area (Å²) in [5.41, 5.74) is 3.40. The van der Waals surface area contributed by atoms with Crippen molar-refractivity contribution in [3.8, 4) is 17.6 Å². The minimum absolute atomic E-state index is 0.0340. The van der Waals surface area contributed by atoms with Crippen molar-refractivity contribution >= 4 is 40.9 Å². The molecule has 72 heavy (non-hydrogen) atoms. The van der Waals surface area contributed by atoms with E-state index in [-0.39, 0.29) is 24.7 Å². The number of hydrogen-bond donors (Lipinski definition) is 2. The van der Waals surface area contributed by atoms with Crippen molar-refractivity contribution in [3.05, 3.63) is 191 Å². The Kier molecular flexibility index (Phi) is 13.9. The number of anilines is 3. The number of methoxy groups -OCH3 is 1. The summed E-state index contributed by atoms with van der Waals surface area (Å²) < 4.78 is 23.1. The lowest BCUT2D eigenvalue weighted by molar-refractivity contribution is -0.177. The number of ether oxygens (including phenoxy) is 4. The van der Waals surface area contributed by atoms with Gasteiger partial charge in [-0.2, -0.15) is 0 Å². The topological polar surface area (TPSA) is 150 Å². The first kappa shape index (κ1) is 47.9. The number of benzene rings is 6. The zero-order valence-electron chi connectivity index (χ0n) is 40.1. The van der Waals surface area contributed by atoms with Gasteiger partial charge in [-0.3, -0.25) is 24.2 Å². The summed E-state index contributed by atoms with van der Waals surface area (Å²) in [5.74, 6) is 2.86. The molecule has 0 saturated carbocycles. The van der Waals surface area contributed by atoms with Crippen LogP contribution in [0, 0.1) is 17.8 Å². The SMILES string of the molecule is COCCOC(=O)N1C(=O)[C@@]2(c3cc(C#CCN(C)Cc4ccccc4)ccc31)[C@H](c1ccc(O)cc1)N1[C@H](c3ccccc3)[C@H](c3ccccc3)OC(=O)[C@H]1[C@@H]2C(=O)Nc1ccc(N2CCOCC2)cc1. The van der Waals surface area contributed by atoms with Crippen molar-refractivity contribution in [1.29, 1.82) is 0 Å². The minimum Gasteiger partial charge on any atom is -0.508 e. The maximum Gasteiger partial charge on any atom is 0.421 e. The number of esters is 1. The Morgan fingerprint density at radius 1 is 0.792 bits per heavy atom. The number of rotatable bonds is 12. The van der Waals surface area contributed by atoms with E-state index in [2.05, 4.69) is 39.1 Å². The van der Waals surface area contributed by atoms with Gasteiger partial charge in [-0.25, -0.2) is 9.69 Å². The second-order valence-corrected chi connectivity index (χ2v) is 18.4. The fraction of sp³-hybridized carbons (Fsp3) is 0.276. The molecule has 3 saturated heterocycles. The molecule has 6 aromatic carbocycles. The van der Waals surface area contributed by atoms with Crippen LogP contribution in [0.25, 0.3) is 0 Å². The predicted molar refractivity (Wildman–Crippen MR) is 271 cm³/mol. The first-order chi connectivity index (χ1) is 35.2. The van der Waals surface area contributed by atoms with Crippen LogP contribution in [0.3, 0.4) is 0 Å². The second kappa shape index (κ2) is 20.9. The summed E-state index contributed by atoms with van der Waals surface area (Å²) in [7, 11) is 3.45. The second-order valence-electron chi connectivity index (χ2n) is 18.4. The molecule has 0 unspecified atom stereocenters. The van der Waals surface area contributed by atoms with Crippen LogP contribution in [-0.4, -0.2) is 105 Å². The largest absolute Gasteiger partial charge is 0.508 e. The third-order valence-corrected chi connectivity index (χ3v) is 14.0. The average molecular weight is 966 g/mol. The first-order valence-corrected chi connectivity index (χ1v) is 24.1. The van der Waals surface area contributed by atoms with Crippen molar-refractivity contribution in [1.82, 2.24) is 9.80 Å². The Bertz CT molecular complexity index is 2980. The zero-order valence-corrected chi connectivity index (χ0v) is 40.1. The van der Waals surface area contributed by atoms with E-state index in [9.17, 15) is 9.90 Å². The van der Waals surface area contributed by atoms with E-state index in [1.165, 1.54) is 19.2 Å².